The molecular formula is C4H6NO4S3-. The van der Waals surface area contributed by atoms with Gasteiger partial charge in [-0.1, -0.05) is 0 Å². The molecule has 70 valence electrons. The largest absolute Gasteiger partial charge is 0.755 e. The van der Waals surface area contributed by atoms with Crippen molar-refractivity contribution in [3.63, 3.8) is 0 Å². The summed E-state index contributed by atoms with van der Waals surface area (Å²) in [5.41, 5.74) is 0. The summed E-state index contributed by atoms with van der Waals surface area (Å²) in [5.74, 6) is 0. The highest BCUT2D eigenvalue weighted by molar-refractivity contribution is 7.80. The third-order valence-corrected chi connectivity index (χ3v) is 1.07. The van der Waals surface area contributed by atoms with Crippen molar-refractivity contribution < 1.29 is 18.4 Å². The van der Waals surface area contributed by atoms with Crippen LogP contribution in [0.25, 0.3) is 0 Å². The maximum Gasteiger partial charge on any atom is 0.189 e. The molecule has 0 aromatic rings. The van der Waals surface area contributed by atoms with Gasteiger partial charge in [0, 0.05) is 13.8 Å². The van der Waals surface area contributed by atoms with Gasteiger partial charge in [-0.25, -0.2) is 0 Å². The van der Waals surface area contributed by atoms with Crippen LogP contribution in [0.5, 0.6) is 0 Å². The molecule has 0 rings (SSSR count). The van der Waals surface area contributed by atoms with Crippen molar-refractivity contribution in [1.82, 2.24) is 4.63 Å². The van der Waals surface area contributed by atoms with E-state index in [1.54, 1.807) is 0 Å². The van der Waals surface area contributed by atoms with Crippen LogP contribution in [-0.2, 0) is 20.9 Å². The predicted molar refractivity (Wildman–Crippen MR) is 49.5 cm³/mol. The van der Waals surface area contributed by atoms with Crippen molar-refractivity contribution >= 4 is 45.8 Å². The van der Waals surface area contributed by atoms with E-state index in [-0.39, 0.29) is 14.7 Å². The Labute approximate surface area is 83.0 Å². The van der Waals surface area contributed by atoms with E-state index in [0.29, 0.717) is 0 Å². The van der Waals surface area contributed by atoms with Crippen molar-refractivity contribution in [2.45, 2.75) is 13.8 Å². The lowest BCUT2D eigenvalue weighted by atomic mass is 10.9. The third kappa shape index (κ3) is 5.49. The van der Waals surface area contributed by atoms with Gasteiger partial charge in [-0.15, -0.1) is 0 Å². The molecule has 0 fully saturated rings. The molecular weight excluding hydrogens is 222 g/mol. The SMILES string of the molecule is CC(=S)ON(OC(C)=S)S(=O)[O-]. The molecule has 0 saturated carbocycles. The fraction of sp³-hybridized carbons (Fsp3) is 0.500. The molecule has 0 spiro atoms. The first kappa shape index (κ1) is 11.8. The van der Waals surface area contributed by atoms with Crippen LogP contribution in [0, 0.1) is 0 Å². The van der Waals surface area contributed by atoms with Crippen LogP contribution < -0.4 is 0 Å². The lowest BCUT2D eigenvalue weighted by Crippen LogP contribution is -2.29. The number of nitrogens with zero attached hydrogens (tertiary/aromatic N) is 1. The molecule has 1 atom stereocenters. The molecule has 0 aliphatic heterocycles. The minimum atomic E-state index is -2.68. The molecule has 0 saturated heterocycles. The Bertz CT molecular complexity index is 202. The average Bonchev–Trinajstić information content (AvgIpc) is 1.83. The summed E-state index contributed by atoms with van der Waals surface area (Å²) in [4.78, 5) is 8.93. The fourth-order valence-corrected chi connectivity index (χ4v) is 0.864. The molecule has 0 aromatic heterocycles. The maximum absolute atomic E-state index is 10.3. The van der Waals surface area contributed by atoms with Gasteiger partial charge in [-0.05, 0) is 24.4 Å². The van der Waals surface area contributed by atoms with Crippen LogP contribution in [0.4, 0.5) is 0 Å². The summed E-state index contributed by atoms with van der Waals surface area (Å²) in [6.45, 7) is 2.80. The topological polar surface area (TPSA) is 61.8 Å². The highest BCUT2D eigenvalue weighted by Crippen LogP contribution is 1.98. The van der Waals surface area contributed by atoms with E-state index in [4.69, 9.17) is 0 Å². The zero-order valence-corrected chi connectivity index (χ0v) is 8.75. The minimum Gasteiger partial charge on any atom is -0.755 e. The van der Waals surface area contributed by atoms with Gasteiger partial charge in [-0.3, -0.25) is 4.21 Å². The highest BCUT2D eigenvalue weighted by atomic mass is 32.2. The van der Waals surface area contributed by atoms with Crippen molar-refractivity contribution in [2.75, 3.05) is 0 Å². The van der Waals surface area contributed by atoms with Crippen LogP contribution in [0.3, 0.4) is 0 Å². The Morgan fingerprint density at radius 3 is 1.83 bits per heavy atom. The van der Waals surface area contributed by atoms with Crippen LogP contribution >= 0.6 is 24.4 Å². The van der Waals surface area contributed by atoms with Gasteiger partial charge >= 0.3 is 0 Å². The first-order chi connectivity index (χ1) is 5.43. The van der Waals surface area contributed by atoms with E-state index >= 15 is 0 Å². The first-order valence-electron chi connectivity index (χ1n) is 2.70. The monoisotopic (exact) mass is 228 g/mol. The Morgan fingerprint density at radius 2 is 1.67 bits per heavy atom. The summed E-state index contributed by atoms with van der Waals surface area (Å²) < 4.78 is 20.9. The van der Waals surface area contributed by atoms with Gasteiger partial charge in [-0.2, -0.15) is 0 Å². The second-order valence-corrected chi connectivity index (χ2v) is 3.49. The third-order valence-electron chi connectivity index (χ3n) is 0.528. The Kier molecular flexibility index (Phi) is 5.42. The standard InChI is InChI=1S/C4H7NO4S3/c1-3(10)8-5(12(6)7)9-4(2)11/h1-2H3,(H,6,7)/p-1. The summed E-state index contributed by atoms with van der Waals surface area (Å²) in [6, 6.07) is 0. The summed E-state index contributed by atoms with van der Waals surface area (Å²) in [5, 5.41) is 0.0194. The summed E-state index contributed by atoms with van der Waals surface area (Å²) in [6.07, 6.45) is 0. The zero-order valence-electron chi connectivity index (χ0n) is 6.30. The maximum atomic E-state index is 10.3. The summed E-state index contributed by atoms with van der Waals surface area (Å²) >= 11 is 6.29. The molecule has 0 N–H and O–H groups in total. The number of hydrogen-bond acceptors (Lipinski definition) is 6. The molecule has 0 amide bonds. The molecule has 0 aromatic carbocycles. The summed E-state index contributed by atoms with van der Waals surface area (Å²) in [7, 11) is 0. The lowest BCUT2D eigenvalue weighted by molar-refractivity contribution is -0.195. The molecule has 0 aliphatic carbocycles. The Morgan fingerprint density at radius 1 is 1.33 bits per heavy atom. The van der Waals surface area contributed by atoms with Crippen molar-refractivity contribution in [1.29, 1.82) is 0 Å². The second-order valence-electron chi connectivity index (χ2n) is 1.61. The van der Waals surface area contributed by atoms with Gasteiger partial charge < -0.3 is 14.2 Å². The molecule has 0 aliphatic rings. The predicted octanol–water partition coefficient (Wildman–Crippen LogP) is 0.640. The second kappa shape index (κ2) is 5.49. The fourth-order valence-electron chi connectivity index (χ4n) is 0.289. The normalized spacial score (nSPS) is 12.3. The van der Waals surface area contributed by atoms with Crippen LogP contribution in [0.1, 0.15) is 13.8 Å². The van der Waals surface area contributed by atoms with Crippen molar-refractivity contribution in [3.05, 3.63) is 0 Å². The smallest absolute Gasteiger partial charge is 0.189 e. The molecule has 5 nitrogen and oxygen atoms in total. The number of rotatable bonds is 3. The van der Waals surface area contributed by atoms with Gasteiger partial charge in [0.25, 0.3) is 0 Å². The molecule has 0 radical (unpaired) electrons. The quantitative estimate of drug-likeness (QED) is 0.401. The number of thiocarbonyl (C=S) groups is 2. The number of hydrogen-bond donors (Lipinski definition) is 0. The van der Waals surface area contributed by atoms with Gasteiger partial charge in [0.15, 0.2) is 10.1 Å². The van der Waals surface area contributed by atoms with Gasteiger partial charge in [0.1, 0.15) is 4.63 Å². The molecule has 8 heteroatoms. The first-order valence-corrected chi connectivity index (χ1v) is 4.55. The van der Waals surface area contributed by atoms with E-state index < -0.39 is 11.3 Å². The van der Waals surface area contributed by atoms with E-state index in [0.717, 1.165) is 0 Å². The molecule has 12 heavy (non-hydrogen) atoms. The molecule has 1 unspecified atom stereocenters. The van der Waals surface area contributed by atoms with E-state index in [2.05, 4.69) is 34.1 Å². The zero-order chi connectivity index (χ0) is 9.72. The van der Waals surface area contributed by atoms with Crippen LogP contribution in [-0.4, -0.2) is 23.5 Å². The van der Waals surface area contributed by atoms with Crippen LogP contribution in [0.15, 0.2) is 0 Å². The Hall–Kier alpha value is -0.150. The lowest BCUT2D eigenvalue weighted by Gasteiger charge is -2.20. The van der Waals surface area contributed by atoms with Crippen LogP contribution in [0.2, 0.25) is 0 Å². The molecule has 0 heterocycles. The highest BCUT2D eigenvalue weighted by Gasteiger charge is 2.09. The van der Waals surface area contributed by atoms with Gasteiger partial charge in [0.2, 0.25) is 0 Å². The van der Waals surface area contributed by atoms with E-state index in [1.165, 1.54) is 13.8 Å². The van der Waals surface area contributed by atoms with E-state index in [9.17, 15) is 8.76 Å². The Balaban J connectivity index is 4.14. The van der Waals surface area contributed by atoms with Crippen molar-refractivity contribution in [2.24, 2.45) is 0 Å². The van der Waals surface area contributed by atoms with Crippen molar-refractivity contribution in [3.8, 4) is 0 Å². The minimum absolute atomic E-state index is 0.00968. The van der Waals surface area contributed by atoms with E-state index in [1.807, 2.05) is 0 Å². The average molecular weight is 228 g/mol. The van der Waals surface area contributed by atoms with Gasteiger partial charge in [0.05, 0.1) is 11.3 Å². The molecule has 0 bridgehead atoms.